The molecule has 2 amide bonds. The first-order chi connectivity index (χ1) is 15.8. The van der Waals surface area contributed by atoms with E-state index in [1.54, 1.807) is 0 Å². The molecule has 0 bridgehead atoms. The summed E-state index contributed by atoms with van der Waals surface area (Å²) in [4.78, 5) is 36.6. The van der Waals surface area contributed by atoms with Crippen LogP contribution in [0.25, 0.3) is 11.1 Å². The first kappa shape index (κ1) is 24.3. The molecule has 1 aliphatic carbocycles. The molecule has 2 aromatic carbocycles. The molecule has 0 aliphatic heterocycles. The summed E-state index contributed by atoms with van der Waals surface area (Å²) < 4.78 is 5.52. The topological polar surface area (TPSA) is 125 Å². The second-order valence-corrected chi connectivity index (χ2v) is 8.56. The smallest absolute Gasteiger partial charge is 0.407 e. The zero-order valence-electron chi connectivity index (χ0n) is 18.8. The lowest BCUT2D eigenvalue weighted by molar-refractivity contribution is -0.142. The Morgan fingerprint density at radius 1 is 0.939 bits per heavy atom. The highest BCUT2D eigenvalue weighted by atomic mass is 16.5. The van der Waals surface area contributed by atoms with Crippen LogP contribution in [-0.2, 0) is 14.3 Å². The lowest BCUT2D eigenvalue weighted by Gasteiger charge is -2.23. The number of carbonyl (C=O) groups excluding carboxylic acids is 2. The van der Waals surface area contributed by atoms with Gasteiger partial charge in [0.05, 0.1) is 0 Å². The van der Waals surface area contributed by atoms with Crippen molar-refractivity contribution in [2.45, 2.75) is 44.7 Å². The number of aliphatic hydroxyl groups excluding tert-OH is 1. The molecule has 0 spiro atoms. The number of aliphatic carboxylic acids is 1. The number of nitrogens with one attached hydrogen (secondary N) is 2. The molecular formula is C25H30N2O6. The first-order valence-electron chi connectivity index (χ1n) is 11.1. The number of rotatable bonds is 10. The van der Waals surface area contributed by atoms with Crippen LogP contribution in [0.2, 0.25) is 0 Å². The van der Waals surface area contributed by atoms with Crippen LogP contribution in [0.3, 0.4) is 0 Å². The minimum atomic E-state index is -1.25. The van der Waals surface area contributed by atoms with Gasteiger partial charge in [-0.1, -0.05) is 62.4 Å². The van der Waals surface area contributed by atoms with Crippen LogP contribution in [0.1, 0.15) is 43.7 Å². The Labute approximate surface area is 193 Å². The number of benzene rings is 2. The summed E-state index contributed by atoms with van der Waals surface area (Å²) in [6.07, 6.45) is -0.561. The maximum atomic E-state index is 12.7. The SMILES string of the molecule is CC(C)CC(NC(=O)OCC1c2ccccc2-c2ccccc21)C(=O)N[C@@H](CCO)C(=O)O. The maximum Gasteiger partial charge on any atom is 0.407 e. The Kier molecular flexibility index (Phi) is 8.06. The van der Waals surface area contributed by atoms with Crippen LogP contribution >= 0.6 is 0 Å². The Hall–Kier alpha value is -3.39. The van der Waals surface area contributed by atoms with Crippen molar-refractivity contribution in [1.82, 2.24) is 10.6 Å². The molecule has 0 heterocycles. The van der Waals surface area contributed by atoms with Crippen molar-refractivity contribution in [1.29, 1.82) is 0 Å². The van der Waals surface area contributed by atoms with Crippen molar-refractivity contribution < 1.29 is 29.3 Å². The summed E-state index contributed by atoms with van der Waals surface area (Å²) in [5.74, 6) is -1.92. The Morgan fingerprint density at radius 3 is 2.03 bits per heavy atom. The minimum absolute atomic E-state index is 0.0655. The van der Waals surface area contributed by atoms with Crippen LogP contribution < -0.4 is 10.6 Å². The fourth-order valence-electron chi connectivity index (χ4n) is 4.14. The quantitative estimate of drug-likeness (QED) is 0.438. The van der Waals surface area contributed by atoms with Crippen molar-refractivity contribution in [2.24, 2.45) is 5.92 Å². The van der Waals surface area contributed by atoms with E-state index >= 15 is 0 Å². The van der Waals surface area contributed by atoms with Gasteiger partial charge >= 0.3 is 12.1 Å². The number of carboxylic acid groups (broad SMARTS) is 1. The summed E-state index contributed by atoms with van der Waals surface area (Å²) in [5.41, 5.74) is 4.39. The highest BCUT2D eigenvalue weighted by molar-refractivity contribution is 5.89. The van der Waals surface area contributed by atoms with E-state index in [1.165, 1.54) is 0 Å². The molecule has 1 aliphatic rings. The normalized spacial score (nSPS) is 14.2. The highest BCUT2D eigenvalue weighted by Crippen LogP contribution is 2.44. The van der Waals surface area contributed by atoms with Gasteiger partial charge in [-0.25, -0.2) is 9.59 Å². The zero-order chi connectivity index (χ0) is 24.0. The molecule has 3 rings (SSSR count). The summed E-state index contributed by atoms with van der Waals surface area (Å²) in [7, 11) is 0. The van der Waals surface area contributed by atoms with Crippen LogP contribution in [0.4, 0.5) is 4.79 Å². The number of alkyl carbamates (subject to hydrolysis) is 1. The molecule has 8 heteroatoms. The van der Waals surface area contributed by atoms with E-state index in [0.717, 1.165) is 22.3 Å². The van der Waals surface area contributed by atoms with Gasteiger partial charge in [0.1, 0.15) is 18.7 Å². The highest BCUT2D eigenvalue weighted by Gasteiger charge is 2.31. The van der Waals surface area contributed by atoms with Gasteiger partial charge in [-0.05, 0) is 34.6 Å². The van der Waals surface area contributed by atoms with Crippen LogP contribution in [0, 0.1) is 5.92 Å². The first-order valence-corrected chi connectivity index (χ1v) is 11.1. The summed E-state index contributed by atoms with van der Waals surface area (Å²) >= 11 is 0. The second kappa shape index (κ2) is 11.0. The van der Waals surface area contributed by atoms with Crippen LogP contribution in [0.5, 0.6) is 0 Å². The molecule has 0 fully saturated rings. The molecule has 0 saturated heterocycles. The number of fused-ring (bicyclic) bond motifs is 3. The van der Waals surface area contributed by atoms with E-state index in [4.69, 9.17) is 9.84 Å². The molecule has 8 nitrogen and oxygen atoms in total. The third kappa shape index (κ3) is 5.90. The number of hydrogen-bond acceptors (Lipinski definition) is 5. The molecule has 33 heavy (non-hydrogen) atoms. The van der Waals surface area contributed by atoms with Crippen LogP contribution in [0.15, 0.2) is 48.5 Å². The fourth-order valence-corrected chi connectivity index (χ4v) is 4.14. The average molecular weight is 455 g/mol. The van der Waals surface area contributed by atoms with E-state index in [0.29, 0.717) is 6.42 Å². The third-order valence-electron chi connectivity index (χ3n) is 5.69. The van der Waals surface area contributed by atoms with Gasteiger partial charge in [-0.3, -0.25) is 4.79 Å². The third-order valence-corrected chi connectivity index (χ3v) is 5.69. The summed E-state index contributed by atoms with van der Waals surface area (Å²) in [6, 6.07) is 13.8. The van der Waals surface area contributed by atoms with Gasteiger partial charge in [-0.15, -0.1) is 0 Å². The van der Waals surface area contributed by atoms with Gasteiger partial charge in [0, 0.05) is 18.9 Å². The molecule has 0 radical (unpaired) electrons. The standard InChI is InChI=1S/C25H30N2O6/c1-15(2)13-22(23(29)26-21(11-12-28)24(30)31)27-25(32)33-14-20-18-9-5-3-7-16(18)17-8-4-6-10-19(17)20/h3-10,15,20-22,28H,11-14H2,1-2H3,(H,26,29)(H,27,32)(H,30,31)/t21-,22?/m0/s1. The molecule has 2 atom stereocenters. The van der Waals surface area contributed by atoms with Gasteiger partial charge in [0.2, 0.25) is 5.91 Å². The largest absolute Gasteiger partial charge is 0.480 e. The van der Waals surface area contributed by atoms with Gasteiger partial charge < -0.3 is 25.6 Å². The van der Waals surface area contributed by atoms with Gasteiger partial charge in [0.15, 0.2) is 0 Å². The number of carboxylic acids is 1. The zero-order valence-corrected chi connectivity index (χ0v) is 18.8. The summed E-state index contributed by atoms with van der Waals surface area (Å²) in [5, 5.41) is 23.2. The molecule has 1 unspecified atom stereocenters. The Balaban J connectivity index is 1.66. The van der Waals surface area contributed by atoms with E-state index in [1.807, 2.05) is 62.4 Å². The molecule has 0 aromatic heterocycles. The minimum Gasteiger partial charge on any atom is -0.480 e. The van der Waals surface area contributed by atoms with E-state index < -0.39 is 30.1 Å². The number of aliphatic hydroxyl groups is 1. The van der Waals surface area contributed by atoms with E-state index in [2.05, 4.69) is 10.6 Å². The van der Waals surface area contributed by atoms with Crippen LogP contribution in [-0.4, -0.2) is 53.5 Å². The monoisotopic (exact) mass is 454 g/mol. The average Bonchev–Trinajstić information content (AvgIpc) is 3.10. The van der Waals surface area contributed by atoms with Crippen molar-refractivity contribution >= 4 is 18.0 Å². The van der Waals surface area contributed by atoms with Gasteiger partial charge in [-0.2, -0.15) is 0 Å². The van der Waals surface area contributed by atoms with Gasteiger partial charge in [0.25, 0.3) is 0 Å². The maximum absolute atomic E-state index is 12.7. The van der Waals surface area contributed by atoms with Crippen molar-refractivity contribution in [3.63, 3.8) is 0 Å². The second-order valence-electron chi connectivity index (χ2n) is 8.56. The molecular weight excluding hydrogens is 424 g/mol. The fraction of sp³-hybridized carbons (Fsp3) is 0.400. The predicted molar refractivity (Wildman–Crippen MR) is 123 cm³/mol. The van der Waals surface area contributed by atoms with E-state index in [-0.39, 0.29) is 31.5 Å². The number of ether oxygens (including phenoxy) is 1. The molecule has 176 valence electrons. The number of carbonyl (C=O) groups is 3. The van der Waals surface area contributed by atoms with Crippen molar-refractivity contribution in [3.05, 3.63) is 59.7 Å². The number of hydrogen-bond donors (Lipinski definition) is 4. The lowest BCUT2D eigenvalue weighted by atomic mass is 9.98. The molecule has 2 aromatic rings. The molecule has 4 N–H and O–H groups in total. The van der Waals surface area contributed by atoms with Crippen molar-refractivity contribution in [2.75, 3.05) is 13.2 Å². The lowest BCUT2D eigenvalue weighted by Crippen LogP contribution is -2.52. The summed E-state index contributed by atoms with van der Waals surface area (Å²) in [6.45, 7) is 3.51. The van der Waals surface area contributed by atoms with Crippen molar-refractivity contribution in [3.8, 4) is 11.1 Å². The Morgan fingerprint density at radius 2 is 1.52 bits per heavy atom. The Bertz CT molecular complexity index is 960. The predicted octanol–water partition coefficient (Wildman–Crippen LogP) is 2.89. The van der Waals surface area contributed by atoms with E-state index in [9.17, 15) is 19.5 Å². The number of amides is 2. The molecule has 0 saturated carbocycles.